The van der Waals surface area contributed by atoms with Crippen LogP contribution < -0.4 is 26.2 Å². The first-order valence-electron chi connectivity index (χ1n) is 14.4. The van der Waals surface area contributed by atoms with Gasteiger partial charge in [0.25, 0.3) is 11.8 Å². The molecule has 1 heterocycles. The van der Waals surface area contributed by atoms with Gasteiger partial charge < -0.3 is 40.2 Å². The van der Waals surface area contributed by atoms with Crippen LogP contribution in [0.5, 0.6) is 5.75 Å². The van der Waals surface area contributed by atoms with Crippen LogP contribution in [-0.4, -0.2) is 84.8 Å². The van der Waals surface area contributed by atoms with Gasteiger partial charge in [0, 0.05) is 52.0 Å². The lowest BCUT2D eigenvalue weighted by molar-refractivity contribution is -0.274. The van der Waals surface area contributed by atoms with Gasteiger partial charge in [0.1, 0.15) is 17.9 Å². The summed E-state index contributed by atoms with van der Waals surface area (Å²) in [6, 6.07) is 17.8. The Hall–Kier alpha value is -4.74. The van der Waals surface area contributed by atoms with Gasteiger partial charge in [-0.1, -0.05) is 29.8 Å². The summed E-state index contributed by atoms with van der Waals surface area (Å²) in [4.78, 5) is 33.3. The van der Waals surface area contributed by atoms with Crippen LogP contribution in [0.4, 0.5) is 24.7 Å². The van der Waals surface area contributed by atoms with E-state index in [1.54, 1.807) is 30.3 Å². The maximum Gasteiger partial charge on any atom is 0.573 e. The molecule has 0 aliphatic rings. The molecule has 5 N–H and O–H groups in total. The van der Waals surface area contributed by atoms with Gasteiger partial charge in [-0.05, 0) is 48.5 Å². The molecule has 0 spiro atoms. The summed E-state index contributed by atoms with van der Waals surface area (Å²) >= 11 is 5.95. The van der Waals surface area contributed by atoms with Crippen LogP contribution in [0, 0.1) is 0 Å². The van der Waals surface area contributed by atoms with E-state index in [9.17, 15) is 32.8 Å². The molecule has 0 fully saturated rings. The zero-order valence-electron chi connectivity index (χ0n) is 25.2. The minimum atomic E-state index is -4.78. The Morgan fingerprint density at radius 1 is 0.812 bits per heavy atom. The third kappa shape index (κ3) is 11.5. The van der Waals surface area contributed by atoms with Crippen molar-refractivity contribution in [3.63, 3.8) is 0 Å². The van der Waals surface area contributed by atoms with Crippen LogP contribution in [0.15, 0.2) is 79.1 Å². The molecule has 0 saturated carbocycles. The molecule has 0 aliphatic heterocycles. The molecule has 0 unspecified atom stereocenters. The van der Waals surface area contributed by atoms with Crippen LogP contribution in [0.25, 0.3) is 11.3 Å². The van der Waals surface area contributed by atoms with Crippen molar-refractivity contribution in [2.24, 2.45) is 0 Å². The number of halogens is 4. The lowest BCUT2D eigenvalue weighted by Crippen LogP contribution is -2.32. The van der Waals surface area contributed by atoms with Gasteiger partial charge in [0.15, 0.2) is 0 Å². The Labute approximate surface area is 278 Å². The molecule has 48 heavy (non-hydrogen) atoms. The highest BCUT2D eigenvalue weighted by Crippen LogP contribution is 2.26. The second kappa shape index (κ2) is 17.4. The number of amides is 2. The van der Waals surface area contributed by atoms with E-state index in [0.717, 1.165) is 0 Å². The fourth-order valence-corrected chi connectivity index (χ4v) is 4.45. The molecule has 17 heteroatoms. The number of anilines is 2. The molecule has 0 bridgehead atoms. The molecule has 0 saturated heterocycles. The van der Waals surface area contributed by atoms with Gasteiger partial charge in [0.2, 0.25) is 0 Å². The number of hydrogen-bond donors (Lipinski definition) is 5. The highest BCUT2D eigenvalue weighted by atomic mass is 35.5. The van der Waals surface area contributed by atoms with Crippen molar-refractivity contribution in [1.29, 1.82) is 0 Å². The van der Waals surface area contributed by atoms with Crippen LogP contribution in [0.2, 0.25) is 5.02 Å². The molecule has 252 valence electrons. The minimum Gasteiger partial charge on any atom is -0.423 e. The second-order valence-corrected chi connectivity index (χ2v) is 10.3. The lowest BCUT2D eigenvalue weighted by atomic mass is 9.80. The number of carbonyl (C=O) groups excluding carboxylic acids is 2. The Kier molecular flexibility index (Phi) is 13.1. The summed E-state index contributed by atoms with van der Waals surface area (Å²) in [6.07, 6.45) is -3.45. The molecule has 4 rings (SSSR count). The Morgan fingerprint density at radius 3 is 2.06 bits per heavy atom. The van der Waals surface area contributed by atoms with E-state index in [1.807, 2.05) is 0 Å². The smallest absolute Gasteiger partial charge is 0.423 e. The zero-order valence-corrected chi connectivity index (χ0v) is 25.9. The fraction of sp³-hybridized carbons (Fsp3) is 0.226. The van der Waals surface area contributed by atoms with Crippen LogP contribution in [-0.2, 0) is 9.47 Å². The molecule has 1 aromatic heterocycles. The first-order chi connectivity index (χ1) is 23.0. The molecular formula is C31H30BClF3N5O7. The van der Waals surface area contributed by atoms with E-state index in [1.165, 1.54) is 48.8 Å². The summed E-state index contributed by atoms with van der Waals surface area (Å²) in [5.41, 5.74) is 2.42. The fourth-order valence-electron chi connectivity index (χ4n) is 4.17. The van der Waals surface area contributed by atoms with Crippen molar-refractivity contribution >= 4 is 47.5 Å². The number of nitrogens with one attached hydrogen (secondary N) is 3. The predicted octanol–water partition coefficient (Wildman–Crippen LogP) is 3.31. The van der Waals surface area contributed by atoms with Gasteiger partial charge in [-0.3, -0.25) is 9.59 Å². The highest BCUT2D eigenvalue weighted by Gasteiger charge is 2.31. The minimum absolute atomic E-state index is 0.0676. The van der Waals surface area contributed by atoms with Crippen LogP contribution >= 0.6 is 11.6 Å². The van der Waals surface area contributed by atoms with E-state index in [-0.39, 0.29) is 73.1 Å². The molecule has 4 aromatic rings. The normalized spacial score (nSPS) is 11.1. The first kappa shape index (κ1) is 36.1. The SMILES string of the molecule is O=C(NCCOCCOCCNC(=O)c1ccc(B(O)O)c(Cl)c1)c1cccc(-c2cc(Nc3ccc(OC(F)(F)F)cc3)ncn2)c1. The largest absolute Gasteiger partial charge is 0.573 e. The number of hydrogen-bond acceptors (Lipinski definition) is 10. The van der Waals surface area contributed by atoms with E-state index < -0.39 is 13.5 Å². The molecule has 0 aliphatic carbocycles. The standard InChI is InChI=1S/C31H30BClF3N5O7/c33-26-17-22(4-9-25(26)32(44)45)30(43)38-11-13-47-15-14-46-12-10-37-29(42)21-3-1-2-20(16-21)27-18-28(40-19-39-27)41-23-5-7-24(8-6-23)48-31(34,35)36/h1-9,16-19,44-45H,10-15H2,(H,37,42)(H,38,43)(H,39,40,41). The van der Waals surface area contributed by atoms with Crippen LogP contribution in [0.3, 0.4) is 0 Å². The molecule has 0 atom stereocenters. The van der Waals surface area contributed by atoms with E-state index in [4.69, 9.17) is 21.1 Å². The number of carbonyl (C=O) groups is 2. The van der Waals surface area contributed by atoms with Gasteiger partial charge in [-0.25, -0.2) is 9.97 Å². The van der Waals surface area contributed by atoms with Crippen molar-refractivity contribution in [2.75, 3.05) is 44.8 Å². The van der Waals surface area contributed by atoms with E-state index in [0.29, 0.717) is 28.3 Å². The van der Waals surface area contributed by atoms with Crippen molar-refractivity contribution in [1.82, 2.24) is 20.6 Å². The maximum atomic E-state index is 12.7. The number of alkyl halides is 3. The number of aromatic nitrogens is 2. The molecule has 2 amide bonds. The number of ether oxygens (including phenoxy) is 3. The van der Waals surface area contributed by atoms with Gasteiger partial charge in [-0.2, -0.15) is 0 Å². The van der Waals surface area contributed by atoms with E-state index in [2.05, 4.69) is 30.7 Å². The molecule has 3 aromatic carbocycles. The quantitative estimate of drug-likeness (QED) is 0.0872. The third-order valence-corrected chi connectivity index (χ3v) is 6.75. The summed E-state index contributed by atoms with van der Waals surface area (Å²) in [5, 5.41) is 26.9. The van der Waals surface area contributed by atoms with Crippen LogP contribution in [0.1, 0.15) is 20.7 Å². The van der Waals surface area contributed by atoms with Gasteiger partial charge in [0.05, 0.1) is 32.1 Å². The predicted molar refractivity (Wildman–Crippen MR) is 171 cm³/mol. The average molecular weight is 688 g/mol. The first-order valence-corrected chi connectivity index (χ1v) is 14.8. The summed E-state index contributed by atoms with van der Waals surface area (Å²) in [7, 11) is -1.73. The lowest BCUT2D eigenvalue weighted by Gasteiger charge is -2.11. The second-order valence-electron chi connectivity index (χ2n) is 9.91. The summed E-state index contributed by atoms with van der Waals surface area (Å²) in [5.74, 6) is -0.657. The third-order valence-electron chi connectivity index (χ3n) is 6.42. The Bertz CT molecular complexity index is 1680. The van der Waals surface area contributed by atoms with E-state index >= 15 is 0 Å². The Morgan fingerprint density at radius 2 is 1.46 bits per heavy atom. The number of rotatable bonds is 16. The van der Waals surface area contributed by atoms with Gasteiger partial charge in [-0.15, -0.1) is 13.2 Å². The number of nitrogens with zero attached hydrogens (tertiary/aromatic N) is 2. The molecule has 0 radical (unpaired) electrons. The highest BCUT2D eigenvalue weighted by molar-refractivity contribution is 6.62. The number of benzene rings is 3. The molecule has 12 nitrogen and oxygen atoms in total. The maximum absolute atomic E-state index is 12.7. The summed E-state index contributed by atoms with van der Waals surface area (Å²) in [6.45, 7) is 1.52. The van der Waals surface area contributed by atoms with Crippen molar-refractivity contribution in [3.05, 3.63) is 95.3 Å². The zero-order chi connectivity index (χ0) is 34.5. The molecular weight excluding hydrogens is 658 g/mol. The topological polar surface area (TPSA) is 164 Å². The van der Waals surface area contributed by atoms with Crippen molar-refractivity contribution < 1.29 is 47.0 Å². The monoisotopic (exact) mass is 687 g/mol. The Balaban J connectivity index is 1.13. The van der Waals surface area contributed by atoms with Crippen molar-refractivity contribution in [2.45, 2.75) is 6.36 Å². The summed E-state index contributed by atoms with van der Waals surface area (Å²) < 4.78 is 52.0. The van der Waals surface area contributed by atoms with Gasteiger partial charge >= 0.3 is 13.5 Å². The average Bonchev–Trinajstić information content (AvgIpc) is 3.05. The van der Waals surface area contributed by atoms with Crippen molar-refractivity contribution in [3.8, 4) is 17.0 Å².